The molecule has 1 aliphatic carbocycles. The van der Waals surface area contributed by atoms with Crippen LogP contribution in [0.4, 0.5) is 0 Å². The Kier molecular flexibility index (Phi) is 3.71. The largest absolute Gasteiger partial charge is 0.481 e. The number of aliphatic carboxylic acids is 1. The lowest BCUT2D eigenvalue weighted by molar-refractivity contribution is -0.147. The van der Waals surface area contributed by atoms with Crippen molar-refractivity contribution in [1.29, 1.82) is 0 Å². The summed E-state index contributed by atoms with van der Waals surface area (Å²) in [5, 5.41) is 18.9. The van der Waals surface area contributed by atoms with Crippen molar-refractivity contribution in [3.05, 3.63) is 0 Å². The van der Waals surface area contributed by atoms with Crippen LogP contribution in [0.2, 0.25) is 0 Å². The number of amides is 1. The molecular weight excluding hydrogens is 258 g/mol. The quantitative estimate of drug-likeness (QED) is 0.802. The number of nitrogens with zero attached hydrogens (tertiary/aromatic N) is 1. The molecule has 1 amide bonds. The van der Waals surface area contributed by atoms with Crippen molar-refractivity contribution in [1.82, 2.24) is 4.90 Å². The van der Waals surface area contributed by atoms with Gasteiger partial charge in [0.05, 0.1) is 12.0 Å². The lowest BCUT2D eigenvalue weighted by Gasteiger charge is -2.40. The molecule has 3 rings (SSSR count). The minimum atomic E-state index is -0.764. The van der Waals surface area contributed by atoms with E-state index < -0.39 is 5.97 Å². The van der Waals surface area contributed by atoms with Gasteiger partial charge in [-0.1, -0.05) is 6.42 Å². The first kappa shape index (κ1) is 13.9. The third-order valence-electron chi connectivity index (χ3n) is 5.34. The molecule has 2 aliphatic heterocycles. The lowest BCUT2D eigenvalue weighted by atomic mass is 9.80. The normalized spacial score (nSPS) is 40.6. The van der Waals surface area contributed by atoms with Crippen LogP contribution in [0, 0.1) is 11.8 Å². The third-order valence-corrected chi connectivity index (χ3v) is 5.34. The summed E-state index contributed by atoms with van der Waals surface area (Å²) in [5.41, 5.74) is 0. The molecule has 0 spiro atoms. The van der Waals surface area contributed by atoms with E-state index in [0.29, 0.717) is 25.7 Å². The Balaban J connectivity index is 1.68. The number of carbonyl (C=O) groups excluding carboxylic acids is 1. The van der Waals surface area contributed by atoms with E-state index in [1.807, 2.05) is 4.90 Å². The highest BCUT2D eigenvalue weighted by molar-refractivity contribution is 5.81. The molecule has 3 aliphatic rings. The van der Waals surface area contributed by atoms with E-state index in [0.717, 1.165) is 25.7 Å². The molecule has 1 saturated carbocycles. The average molecular weight is 281 g/mol. The van der Waals surface area contributed by atoms with Gasteiger partial charge in [0.15, 0.2) is 0 Å². The number of carbonyl (C=O) groups is 2. The maximum absolute atomic E-state index is 12.7. The monoisotopic (exact) mass is 281 g/mol. The van der Waals surface area contributed by atoms with Crippen LogP contribution in [0.15, 0.2) is 0 Å². The zero-order chi connectivity index (χ0) is 14.3. The number of carboxylic acid groups (broad SMARTS) is 1. The second kappa shape index (κ2) is 5.35. The SMILES string of the molecule is O=C(O)C1CCCC(C(=O)N2C3CCC2CC(O)C3)C1. The number of rotatable bonds is 2. The fourth-order valence-corrected chi connectivity index (χ4v) is 4.36. The molecular formula is C15H23NO4. The summed E-state index contributed by atoms with van der Waals surface area (Å²) >= 11 is 0. The van der Waals surface area contributed by atoms with Crippen molar-refractivity contribution in [2.24, 2.45) is 11.8 Å². The molecule has 0 aromatic rings. The Labute approximate surface area is 119 Å². The van der Waals surface area contributed by atoms with Crippen LogP contribution in [-0.2, 0) is 9.59 Å². The molecule has 2 heterocycles. The van der Waals surface area contributed by atoms with Crippen molar-refractivity contribution in [2.75, 3.05) is 0 Å². The number of aliphatic hydroxyl groups excluding tert-OH is 1. The van der Waals surface area contributed by atoms with Gasteiger partial charge in [-0.3, -0.25) is 9.59 Å². The predicted molar refractivity (Wildman–Crippen MR) is 72.0 cm³/mol. The summed E-state index contributed by atoms with van der Waals surface area (Å²) in [4.78, 5) is 25.9. The molecule has 112 valence electrons. The van der Waals surface area contributed by atoms with E-state index >= 15 is 0 Å². The van der Waals surface area contributed by atoms with E-state index in [2.05, 4.69) is 0 Å². The van der Waals surface area contributed by atoms with E-state index in [-0.39, 0.29) is 35.9 Å². The Morgan fingerprint density at radius 2 is 1.50 bits per heavy atom. The number of aliphatic hydroxyl groups is 1. The maximum atomic E-state index is 12.7. The first-order valence-corrected chi connectivity index (χ1v) is 7.79. The Morgan fingerprint density at radius 1 is 0.900 bits per heavy atom. The number of piperidine rings is 1. The highest BCUT2D eigenvalue weighted by atomic mass is 16.4. The summed E-state index contributed by atoms with van der Waals surface area (Å²) < 4.78 is 0. The highest BCUT2D eigenvalue weighted by Gasteiger charge is 2.45. The van der Waals surface area contributed by atoms with Gasteiger partial charge in [-0.05, 0) is 44.9 Å². The van der Waals surface area contributed by atoms with Gasteiger partial charge in [-0.15, -0.1) is 0 Å². The van der Waals surface area contributed by atoms with Gasteiger partial charge in [-0.2, -0.15) is 0 Å². The Hall–Kier alpha value is -1.10. The molecule has 0 aromatic carbocycles. The molecule has 2 N–H and O–H groups in total. The topological polar surface area (TPSA) is 77.8 Å². The second-order valence-corrected chi connectivity index (χ2v) is 6.65. The van der Waals surface area contributed by atoms with Crippen molar-refractivity contribution in [3.63, 3.8) is 0 Å². The summed E-state index contributed by atoms with van der Waals surface area (Å²) in [6.45, 7) is 0. The van der Waals surface area contributed by atoms with Gasteiger partial charge in [0.25, 0.3) is 0 Å². The fourth-order valence-electron chi connectivity index (χ4n) is 4.36. The molecule has 3 fully saturated rings. The van der Waals surface area contributed by atoms with Crippen LogP contribution in [0.1, 0.15) is 51.4 Å². The fraction of sp³-hybridized carbons (Fsp3) is 0.867. The molecule has 0 radical (unpaired) electrons. The molecule has 2 bridgehead atoms. The number of hydrogen-bond donors (Lipinski definition) is 2. The zero-order valence-electron chi connectivity index (χ0n) is 11.7. The van der Waals surface area contributed by atoms with Crippen molar-refractivity contribution < 1.29 is 19.8 Å². The average Bonchev–Trinajstić information content (AvgIpc) is 2.70. The second-order valence-electron chi connectivity index (χ2n) is 6.65. The van der Waals surface area contributed by atoms with Gasteiger partial charge < -0.3 is 15.1 Å². The van der Waals surface area contributed by atoms with Gasteiger partial charge >= 0.3 is 5.97 Å². The van der Waals surface area contributed by atoms with E-state index in [1.165, 1.54) is 0 Å². The zero-order valence-corrected chi connectivity index (χ0v) is 11.7. The van der Waals surface area contributed by atoms with Gasteiger partial charge in [0.2, 0.25) is 5.91 Å². The third kappa shape index (κ3) is 2.43. The minimum absolute atomic E-state index is 0.122. The maximum Gasteiger partial charge on any atom is 0.306 e. The van der Waals surface area contributed by atoms with E-state index in [1.54, 1.807) is 0 Å². The Morgan fingerprint density at radius 3 is 2.10 bits per heavy atom. The molecule has 4 atom stereocenters. The van der Waals surface area contributed by atoms with Crippen LogP contribution in [0.3, 0.4) is 0 Å². The summed E-state index contributed by atoms with van der Waals surface area (Å²) in [5.74, 6) is -1.09. The van der Waals surface area contributed by atoms with Crippen molar-refractivity contribution >= 4 is 11.9 Å². The van der Waals surface area contributed by atoms with Crippen molar-refractivity contribution in [2.45, 2.75) is 69.6 Å². The van der Waals surface area contributed by atoms with E-state index in [4.69, 9.17) is 5.11 Å². The Bertz CT molecular complexity index is 397. The molecule has 0 aromatic heterocycles. The minimum Gasteiger partial charge on any atom is -0.481 e. The molecule has 5 nitrogen and oxygen atoms in total. The lowest BCUT2D eigenvalue weighted by Crippen LogP contribution is -2.50. The number of fused-ring (bicyclic) bond motifs is 2. The summed E-state index contributed by atoms with van der Waals surface area (Å²) in [7, 11) is 0. The van der Waals surface area contributed by atoms with Gasteiger partial charge in [-0.25, -0.2) is 0 Å². The summed E-state index contributed by atoms with van der Waals surface area (Å²) in [6, 6.07) is 0.364. The molecule has 20 heavy (non-hydrogen) atoms. The molecule has 4 unspecified atom stereocenters. The van der Waals surface area contributed by atoms with Crippen LogP contribution in [-0.4, -0.2) is 45.2 Å². The van der Waals surface area contributed by atoms with E-state index in [9.17, 15) is 14.7 Å². The molecule has 5 heteroatoms. The number of carboxylic acids is 1. The van der Waals surface area contributed by atoms with Crippen LogP contribution in [0.25, 0.3) is 0 Å². The van der Waals surface area contributed by atoms with Crippen LogP contribution < -0.4 is 0 Å². The van der Waals surface area contributed by atoms with Crippen LogP contribution >= 0.6 is 0 Å². The van der Waals surface area contributed by atoms with Gasteiger partial charge in [0, 0.05) is 18.0 Å². The van der Waals surface area contributed by atoms with Crippen LogP contribution in [0.5, 0.6) is 0 Å². The standard InChI is InChI=1S/C15H23NO4/c17-13-7-11-4-5-12(8-13)16(11)14(18)9-2-1-3-10(6-9)15(19)20/h9-13,17H,1-8H2,(H,19,20). The van der Waals surface area contributed by atoms with Gasteiger partial charge in [0.1, 0.15) is 0 Å². The number of hydrogen-bond acceptors (Lipinski definition) is 3. The smallest absolute Gasteiger partial charge is 0.306 e. The highest BCUT2D eigenvalue weighted by Crippen LogP contribution is 2.39. The predicted octanol–water partition coefficient (Wildman–Crippen LogP) is 1.39. The molecule has 2 saturated heterocycles. The first-order valence-electron chi connectivity index (χ1n) is 7.79. The van der Waals surface area contributed by atoms with Crippen molar-refractivity contribution in [3.8, 4) is 0 Å². The first-order chi connectivity index (χ1) is 9.56. The summed E-state index contributed by atoms with van der Waals surface area (Å²) in [6.07, 6.45) is 5.94.